The van der Waals surface area contributed by atoms with Crippen molar-refractivity contribution in [2.75, 3.05) is 12.3 Å². The molecular weight excluding hydrogens is 382 g/mol. The fraction of sp³-hybridized carbons (Fsp3) is 0.222. The van der Waals surface area contributed by atoms with E-state index in [0.29, 0.717) is 41.6 Å². The summed E-state index contributed by atoms with van der Waals surface area (Å²) in [5, 5.41) is 13.4. The molecule has 0 aliphatic rings. The molecule has 0 radical (unpaired) electrons. The SMILES string of the molecule is Nc1ncnc2c1ncn2Cc1cc(Cl)cc2cc(CNCCC(=O)O)[nH]c12. The van der Waals surface area contributed by atoms with Gasteiger partial charge in [0.1, 0.15) is 11.8 Å². The van der Waals surface area contributed by atoms with Crippen LogP contribution in [0.1, 0.15) is 17.7 Å². The number of hydrogen-bond donors (Lipinski definition) is 4. The second-order valence-corrected chi connectivity index (χ2v) is 6.88. The topological polar surface area (TPSA) is 135 Å². The Hall–Kier alpha value is -3.17. The van der Waals surface area contributed by atoms with E-state index in [2.05, 4.69) is 25.3 Å². The number of halogens is 1. The molecule has 0 spiro atoms. The molecule has 0 atom stereocenters. The number of benzene rings is 1. The molecule has 4 rings (SSSR count). The van der Waals surface area contributed by atoms with Crippen molar-refractivity contribution in [1.82, 2.24) is 29.8 Å². The predicted octanol–water partition coefficient (Wildman–Crippen LogP) is 2.16. The molecule has 0 bridgehead atoms. The highest BCUT2D eigenvalue weighted by Gasteiger charge is 2.12. The third-order valence-corrected chi connectivity index (χ3v) is 4.65. The lowest BCUT2D eigenvalue weighted by atomic mass is 10.1. The Labute approximate surface area is 164 Å². The molecule has 1 aromatic carbocycles. The lowest BCUT2D eigenvalue weighted by Gasteiger charge is -2.07. The van der Waals surface area contributed by atoms with Gasteiger partial charge in [-0.2, -0.15) is 0 Å². The number of rotatable bonds is 7. The Kier molecular flexibility index (Phi) is 4.84. The first-order valence-electron chi connectivity index (χ1n) is 8.65. The lowest BCUT2D eigenvalue weighted by Crippen LogP contribution is -2.17. The average Bonchev–Trinajstić information content (AvgIpc) is 3.24. The van der Waals surface area contributed by atoms with Gasteiger partial charge in [0.25, 0.3) is 0 Å². The first-order chi connectivity index (χ1) is 13.5. The molecule has 10 heteroatoms. The normalized spacial score (nSPS) is 11.5. The van der Waals surface area contributed by atoms with Gasteiger partial charge in [0.2, 0.25) is 0 Å². The summed E-state index contributed by atoms with van der Waals surface area (Å²) in [6.07, 6.45) is 3.18. The molecule has 5 N–H and O–H groups in total. The van der Waals surface area contributed by atoms with Crippen molar-refractivity contribution in [3.63, 3.8) is 0 Å². The number of carboxylic acid groups (broad SMARTS) is 1. The monoisotopic (exact) mass is 399 g/mol. The van der Waals surface area contributed by atoms with Gasteiger partial charge in [-0.1, -0.05) is 11.6 Å². The van der Waals surface area contributed by atoms with E-state index in [9.17, 15) is 4.79 Å². The number of carbonyl (C=O) groups is 1. The molecule has 0 amide bonds. The summed E-state index contributed by atoms with van der Waals surface area (Å²) in [5.74, 6) is -0.482. The van der Waals surface area contributed by atoms with Gasteiger partial charge in [-0.25, -0.2) is 15.0 Å². The highest BCUT2D eigenvalue weighted by Crippen LogP contribution is 2.26. The number of anilines is 1. The van der Waals surface area contributed by atoms with Crippen molar-refractivity contribution in [3.05, 3.63) is 47.1 Å². The summed E-state index contributed by atoms with van der Waals surface area (Å²) in [6, 6.07) is 5.80. The maximum atomic E-state index is 10.6. The van der Waals surface area contributed by atoms with Crippen molar-refractivity contribution in [1.29, 1.82) is 0 Å². The molecule has 0 aliphatic heterocycles. The van der Waals surface area contributed by atoms with Crippen molar-refractivity contribution in [2.24, 2.45) is 0 Å². The maximum Gasteiger partial charge on any atom is 0.304 e. The summed E-state index contributed by atoms with van der Waals surface area (Å²) in [6.45, 7) is 1.45. The zero-order valence-corrected chi connectivity index (χ0v) is 15.6. The molecule has 0 saturated heterocycles. The summed E-state index contributed by atoms with van der Waals surface area (Å²) in [7, 11) is 0. The van der Waals surface area contributed by atoms with Crippen LogP contribution in [0.15, 0.2) is 30.9 Å². The van der Waals surface area contributed by atoms with Gasteiger partial charge in [-0.3, -0.25) is 4.79 Å². The van der Waals surface area contributed by atoms with Crippen LogP contribution in [-0.2, 0) is 17.9 Å². The molecule has 3 aromatic heterocycles. The van der Waals surface area contributed by atoms with Gasteiger partial charge >= 0.3 is 5.97 Å². The fourth-order valence-corrected chi connectivity index (χ4v) is 3.42. The van der Waals surface area contributed by atoms with Crippen LogP contribution in [0.25, 0.3) is 22.1 Å². The van der Waals surface area contributed by atoms with Gasteiger partial charge in [0, 0.05) is 29.2 Å². The summed E-state index contributed by atoms with van der Waals surface area (Å²) < 4.78 is 1.89. The summed E-state index contributed by atoms with van der Waals surface area (Å²) in [5.41, 5.74) is 9.97. The van der Waals surface area contributed by atoms with Crippen LogP contribution in [0.2, 0.25) is 5.02 Å². The van der Waals surface area contributed by atoms with Crippen molar-refractivity contribution in [2.45, 2.75) is 19.5 Å². The minimum Gasteiger partial charge on any atom is -0.481 e. The smallest absolute Gasteiger partial charge is 0.304 e. The summed E-state index contributed by atoms with van der Waals surface area (Å²) >= 11 is 6.31. The van der Waals surface area contributed by atoms with E-state index in [0.717, 1.165) is 22.2 Å². The van der Waals surface area contributed by atoms with E-state index in [4.69, 9.17) is 22.4 Å². The van der Waals surface area contributed by atoms with Crippen molar-refractivity contribution < 1.29 is 9.90 Å². The Morgan fingerprint density at radius 3 is 2.96 bits per heavy atom. The van der Waals surface area contributed by atoms with Crippen molar-refractivity contribution >= 4 is 45.5 Å². The zero-order chi connectivity index (χ0) is 19.7. The van der Waals surface area contributed by atoms with Gasteiger partial charge in [0.15, 0.2) is 11.5 Å². The average molecular weight is 400 g/mol. The van der Waals surface area contributed by atoms with Crippen LogP contribution < -0.4 is 11.1 Å². The second kappa shape index (κ2) is 7.45. The van der Waals surface area contributed by atoms with Crippen LogP contribution >= 0.6 is 11.6 Å². The summed E-state index contributed by atoms with van der Waals surface area (Å²) in [4.78, 5) is 26.5. The molecule has 4 aromatic rings. The minimum absolute atomic E-state index is 0.0794. The van der Waals surface area contributed by atoms with E-state index < -0.39 is 5.97 Å². The predicted molar refractivity (Wildman–Crippen MR) is 106 cm³/mol. The van der Waals surface area contributed by atoms with E-state index in [1.807, 2.05) is 22.8 Å². The standard InChI is InChI=1S/C18H18ClN7O2/c19-12-3-10-5-13(6-21-2-1-14(27)28)25-15(10)11(4-12)7-26-9-24-16-17(20)22-8-23-18(16)26/h3-5,8-9,21,25H,1-2,6-7H2,(H,27,28)(H2,20,22,23). The first-order valence-corrected chi connectivity index (χ1v) is 9.03. The number of hydrogen-bond acceptors (Lipinski definition) is 6. The Morgan fingerprint density at radius 1 is 1.29 bits per heavy atom. The van der Waals surface area contributed by atoms with Crippen LogP contribution in [0, 0.1) is 0 Å². The maximum absolute atomic E-state index is 10.6. The van der Waals surface area contributed by atoms with Gasteiger partial charge in [0.05, 0.1) is 24.8 Å². The number of nitrogens with one attached hydrogen (secondary N) is 2. The first kappa shape index (κ1) is 18.2. The lowest BCUT2D eigenvalue weighted by molar-refractivity contribution is -0.136. The number of nitrogens with two attached hydrogens (primary N) is 1. The van der Waals surface area contributed by atoms with Crippen LogP contribution in [0.5, 0.6) is 0 Å². The zero-order valence-electron chi connectivity index (χ0n) is 14.8. The molecule has 0 aliphatic carbocycles. The molecule has 3 heterocycles. The van der Waals surface area contributed by atoms with Crippen LogP contribution in [0.4, 0.5) is 5.82 Å². The highest BCUT2D eigenvalue weighted by atomic mass is 35.5. The van der Waals surface area contributed by atoms with Gasteiger partial charge in [-0.15, -0.1) is 0 Å². The molecular formula is C18H18ClN7O2. The molecule has 9 nitrogen and oxygen atoms in total. The van der Waals surface area contributed by atoms with Gasteiger partial charge in [-0.05, 0) is 23.8 Å². The third kappa shape index (κ3) is 3.62. The number of aliphatic carboxylic acids is 1. The molecule has 0 fully saturated rings. The molecule has 28 heavy (non-hydrogen) atoms. The van der Waals surface area contributed by atoms with Gasteiger partial charge < -0.3 is 25.7 Å². The number of carboxylic acids is 1. The number of imidazole rings is 1. The van der Waals surface area contributed by atoms with E-state index >= 15 is 0 Å². The quantitative estimate of drug-likeness (QED) is 0.350. The molecule has 0 saturated carbocycles. The fourth-order valence-electron chi connectivity index (χ4n) is 3.17. The Morgan fingerprint density at radius 2 is 2.14 bits per heavy atom. The largest absolute Gasteiger partial charge is 0.481 e. The number of aromatic amines is 1. The Balaban J connectivity index is 1.62. The third-order valence-electron chi connectivity index (χ3n) is 4.43. The highest BCUT2D eigenvalue weighted by molar-refractivity contribution is 6.31. The number of nitrogen functional groups attached to an aromatic ring is 1. The Bertz CT molecular complexity index is 1170. The number of aromatic nitrogens is 5. The van der Waals surface area contributed by atoms with Crippen molar-refractivity contribution in [3.8, 4) is 0 Å². The van der Waals surface area contributed by atoms with E-state index in [1.54, 1.807) is 6.33 Å². The van der Waals surface area contributed by atoms with E-state index in [1.165, 1.54) is 6.33 Å². The second-order valence-electron chi connectivity index (χ2n) is 6.45. The number of fused-ring (bicyclic) bond motifs is 2. The number of nitrogens with zero attached hydrogens (tertiary/aromatic N) is 4. The van der Waals surface area contributed by atoms with Crippen LogP contribution in [-0.4, -0.2) is 42.1 Å². The van der Waals surface area contributed by atoms with Crippen LogP contribution in [0.3, 0.4) is 0 Å². The minimum atomic E-state index is -0.824. The molecule has 144 valence electrons. The number of H-pyrrole nitrogens is 1. The molecule has 0 unspecified atom stereocenters. The van der Waals surface area contributed by atoms with E-state index in [-0.39, 0.29) is 6.42 Å².